The molecule has 0 spiro atoms. The quantitative estimate of drug-likeness (QED) is 0.222. The van der Waals surface area contributed by atoms with Crippen LogP contribution in [0, 0.1) is 0 Å². The summed E-state index contributed by atoms with van der Waals surface area (Å²) < 4.78 is 49.8. The number of hydrogen-bond acceptors (Lipinski definition) is 10. The molecular formula is C12H26O8P2S2. The zero-order chi connectivity index (χ0) is 18.6. The average Bonchev–Trinajstić information content (AvgIpc) is 2.47. The van der Waals surface area contributed by atoms with E-state index in [9.17, 15) is 13.9 Å². The Kier molecular flexibility index (Phi) is 13.0. The molecule has 0 N–H and O–H groups in total. The summed E-state index contributed by atoms with van der Waals surface area (Å²) in [5.41, 5.74) is 0. The minimum atomic E-state index is -3.61. The Morgan fingerprint density at radius 2 is 1.08 bits per heavy atom. The Balaban J connectivity index is 5.39. The van der Waals surface area contributed by atoms with E-state index >= 15 is 0 Å². The van der Waals surface area contributed by atoms with Crippen LogP contribution in [0.1, 0.15) is 34.6 Å². The van der Waals surface area contributed by atoms with Gasteiger partial charge in [0, 0.05) is 0 Å². The number of carbonyl (C=O) groups is 1. The van der Waals surface area contributed by atoms with Crippen molar-refractivity contribution in [3.8, 4) is 0 Å². The Hall–Kier alpha value is 0.470. The lowest BCUT2D eigenvalue weighted by molar-refractivity contribution is -0.140. The lowest BCUT2D eigenvalue weighted by Crippen LogP contribution is -2.18. The minimum absolute atomic E-state index is 0.123. The molecule has 0 fully saturated rings. The predicted octanol–water partition coefficient (Wildman–Crippen LogP) is 4.70. The zero-order valence-electron chi connectivity index (χ0n) is 14.6. The molecule has 0 heterocycles. The molecule has 144 valence electrons. The van der Waals surface area contributed by atoms with Gasteiger partial charge >= 0.3 is 19.6 Å². The van der Waals surface area contributed by atoms with Crippen LogP contribution in [0.25, 0.3) is 0 Å². The van der Waals surface area contributed by atoms with E-state index in [1.165, 1.54) is 0 Å². The normalized spacial score (nSPS) is 12.6. The second-order valence-electron chi connectivity index (χ2n) is 3.86. The van der Waals surface area contributed by atoms with Crippen LogP contribution < -0.4 is 0 Å². The van der Waals surface area contributed by atoms with Gasteiger partial charge in [0.15, 0.2) is 4.58 Å². The van der Waals surface area contributed by atoms with Crippen LogP contribution in [0.5, 0.6) is 0 Å². The monoisotopic (exact) mass is 424 g/mol. The molecule has 0 rings (SSSR count). The van der Waals surface area contributed by atoms with Gasteiger partial charge in [-0.15, -0.1) is 0 Å². The van der Waals surface area contributed by atoms with Gasteiger partial charge in [-0.25, -0.2) is 13.9 Å². The number of esters is 1. The van der Waals surface area contributed by atoms with Gasteiger partial charge in [0.25, 0.3) is 0 Å². The second kappa shape index (κ2) is 12.8. The lowest BCUT2D eigenvalue weighted by Gasteiger charge is -2.23. The molecule has 0 aromatic rings. The molecule has 0 radical (unpaired) electrons. The largest absolute Gasteiger partial charge is 0.465 e. The number of hydrogen-bond donors (Lipinski definition) is 0. The number of ether oxygens (including phenoxy) is 1. The van der Waals surface area contributed by atoms with Crippen molar-refractivity contribution in [2.75, 3.05) is 33.0 Å². The summed E-state index contributed by atoms with van der Waals surface area (Å²) in [7, 11) is 0. The summed E-state index contributed by atoms with van der Waals surface area (Å²) in [6.07, 6.45) is 0. The Labute approximate surface area is 151 Å². The molecule has 0 bridgehead atoms. The van der Waals surface area contributed by atoms with E-state index in [4.69, 9.17) is 22.8 Å². The summed E-state index contributed by atoms with van der Waals surface area (Å²) in [4.78, 5) is 12.2. The third-order valence-corrected chi connectivity index (χ3v) is 11.2. The molecule has 0 unspecified atom stereocenters. The van der Waals surface area contributed by atoms with Gasteiger partial charge in [-0.2, -0.15) is 0 Å². The standard InChI is InChI=1S/C12H26O8P2S2/c1-6-16-11(13)12(23-21(14,17-7-2)18-8-3)24-22(15,19-9-4)20-10-5/h12H,6-10H2,1-5H3. The third kappa shape index (κ3) is 9.25. The fourth-order valence-corrected chi connectivity index (χ4v) is 11.2. The van der Waals surface area contributed by atoms with E-state index in [2.05, 4.69) is 0 Å². The van der Waals surface area contributed by atoms with Crippen LogP contribution in [0.4, 0.5) is 0 Å². The van der Waals surface area contributed by atoms with Crippen molar-refractivity contribution in [3.63, 3.8) is 0 Å². The Morgan fingerprint density at radius 3 is 1.33 bits per heavy atom. The van der Waals surface area contributed by atoms with E-state index in [0.717, 1.165) is 0 Å². The maximum atomic E-state index is 12.7. The number of carbonyl (C=O) groups excluding carboxylic acids is 1. The maximum absolute atomic E-state index is 12.7. The smallest absolute Gasteiger partial charge is 0.390 e. The van der Waals surface area contributed by atoms with E-state index in [0.29, 0.717) is 22.8 Å². The molecule has 0 saturated carbocycles. The minimum Gasteiger partial charge on any atom is -0.465 e. The van der Waals surface area contributed by atoms with Gasteiger partial charge in [0.1, 0.15) is 0 Å². The first kappa shape index (κ1) is 24.5. The van der Waals surface area contributed by atoms with Crippen LogP contribution in [0.3, 0.4) is 0 Å². The van der Waals surface area contributed by atoms with Crippen molar-refractivity contribution < 1.29 is 36.8 Å². The molecule has 0 aliphatic rings. The van der Waals surface area contributed by atoms with Crippen molar-refractivity contribution in [2.45, 2.75) is 39.2 Å². The highest BCUT2D eigenvalue weighted by molar-refractivity contribution is 8.66. The van der Waals surface area contributed by atoms with Gasteiger partial charge in [-0.05, 0) is 57.4 Å². The maximum Gasteiger partial charge on any atom is 0.390 e. The molecular weight excluding hydrogens is 398 g/mol. The highest BCUT2D eigenvalue weighted by atomic mass is 32.8. The summed E-state index contributed by atoms with van der Waals surface area (Å²) in [6.45, 7) is 1.71. The average molecular weight is 424 g/mol. The van der Waals surface area contributed by atoms with Crippen LogP contribution in [0.15, 0.2) is 0 Å². The number of rotatable bonds is 14. The molecule has 0 amide bonds. The van der Waals surface area contributed by atoms with Gasteiger partial charge < -0.3 is 22.8 Å². The highest BCUT2D eigenvalue weighted by Gasteiger charge is 2.41. The summed E-state index contributed by atoms with van der Waals surface area (Å²) in [6, 6.07) is 0. The molecule has 24 heavy (non-hydrogen) atoms. The first-order valence-corrected chi connectivity index (χ1v) is 13.7. The van der Waals surface area contributed by atoms with Crippen molar-refractivity contribution >= 4 is 42.3 Å². The molecule has 12 heteroatoms. The van der Waals surface area contributed by atoms with Gasteiger partial charge in [-0.3, -0.25) is 0 Å². The highest BCUT2D eigenvalue weighted by Crippen LogP contribution is 2.70. The first-order valence-electron chi connectivity index (χ1n) is 7.61. The fourth-order valence-electron chi connectivity index (χ4n) is 1.38. The summed E-state index contributed by atoms with van der Waals surface area (Å²) in [5, 5.41) is 0. The molecule has 0 aromatic heterocycles. The lowest BCUT2D eigenvalue weighted by atomic mass is 10.7. The van der Waals surface area contributed by atoms with Gasteiger partial charge in [-0.1, -0.05) is 0 Å². The molecule has 0 aliphatic heterocycles. The van der Waals surface area contributed by atoms with Crippen molar-refractivity contribution in [1.29, 1.82) is 0 Å². The van der Waals surface area contributed by atoms with Crippen molar-refractivity contribution in [1.82, 2.24) is 0 Å². The molecule has 0 saturated heterocycles. The Bertz CT molecular complexity index is 410. The summed E-state index contributed by atoms with van der Waals surface area (Å²) >= 11 is 1.27. The third-order valence-electron chi connectivity index (χ3n) is 2.08. The van der Waals surface area contributed by atoms with Crippen molar-refractivity contribution in [2.24, 2.45) is 0 Å². The fraction of sp³-hybridized carbons (Fsp3) is 0.917. The van der Waals surface area contributed by atoms with Gasteiger partial charge in [0.05, 0.1) is 33.0 Å². The van der Waals surface area contributed by atoms with Crippen molar-refractivity contribution in [3.05, 3.63) is 0 Å². The molecule has 0 atom stereocenters. The van der Waals surface area contributed by atoms with E-state index in [-0.39, 0.29) is 33.0 Å². The SMILES string of the molecule is CCOC(=O)C(SP(=O)(OCC)OCC)SP(=O)(OCC)OCC. The topological polar surface area (TPSA) is 97.4 Å². The molecule has 0 aliphatic carbocycles. The Morgan fingerprint density at radius 1 is 0.750 bits per heavy atom. The second-order valence-corrected chi connectivity index (χ2v) is 12.3. The van der Waals surface area contributed by atoms with Crippen LogP contribution in [-0.4, -0.2) is 43.6 Å². The van der Waals surface area contributed by atoms with E-state index in [1.54, 1.807) is 34.6 Å². The molecule has 0 aromatic carbocycles. The van der Waals surface area contributed by atoms with Crippen LogP contribution >= 0.6 is 36.4 Å². The first-order chi connectivity index (χ1) is 11.3. The van der Waals surface area contributed by atoms with E-state index in [1.807, 2.05) is 0 Å². The predicted molar refractivity (Wildman–Crippen MR) is 97.3 cm³/mol. The van der Waals surface area contributed by atoms with E-state index < -0.39 is 24.1 Å². The van der Waals surface area contributed by atoms with Crippen LogP contribution in [-0.2, 0) is 36.8 Å². The zero-order valence-corrected chi connectivity index (χ0v) is 18.0. The van der Waals surface area contributed by atoms with Crippen LogP contribution in [0.2, 0.25) is 0 Å². The van der Waals surface area contributed by atoms with Gasteiger partial charge in [0.2, 0.25) is 0 Å². The summed E-state index contributed by atoms with van der Waals surface area (Å²) in [5.74, 6) is -0.702. The molecule has 8 nitrogen and oxygen atoms in total.